The Bertz CT molecular complexity index is 2000. The number of hydrogen-bond acceptors (Lipinski definition) is 7. The van der Waals surface area contributed by atoms with E-state index >= 15 is 4.39 Å². The van der Waals surface area contributed by atoms with Crippen LogP contribution < -0.4 is 5.32 Å². The highest BCUT2D eigenvalue weighted by molar-refractivity contribution is 5.97. The third kappa shape index (κ3) is 4.15. The molecule has 11 heteroatoms. The number of aromatic nitrogens is 7. The molecule has 10 nitrogen and oxygen atoms in total. The number of amides is 1. The van der Waals surface area contributed by atoms with Crippen molar-refractivity contribution in [1.29, 1.82) is 0 Å². The number of nitrogens with one attached hydrogen (secondary N) is 3. The number of anilines is 1. The zero-order valence-electron chi connectivity index (χ0n) is 20.7. The van der Waals surface area contributed by atoms with Gasteiger partial charge in [-0.1, -0.05) is 30.3 Å². The summed E-state index contributed by atoms with van der Waals surface area (Å²) in [5.74, 6) is -0.459. The Morgan fingerprint density at radius 3 is 2.75 bits per heavy atom. The van der Waals surface area contributed by atoms with E-state index in [1.807, 2.05) is 42.5 Å². The van der Waals surface area contributed by atoms with E-state index in [-0.39, 0.29) is 29.1 Å². The number of nitrogens with zero attached hydrogens (tertiary/aromatic N) is 5. The molecule has 0 fully saturated rings. The predicted octanol–water partition coefficient (Wildman–Crippen LogP) is 5.54. The lowest BCUT2D eigenvalue weighted by Gasteiger charge is -2.08. The predicted molar refractivity (Wildman–Crippen MR) is 146 cm³/mol. The van der Waals surface area contributed by atoms with E-state index in [0.29, 0.717) is 33.8 Å². The van der Waals surface area contributed by atoms with E-state index in [2.05, 4.69) is 35.5 Å². The van der Waals surface area contributed by atoms with Crippen molar-refractivity contribution in [2.75, 3.05) is 5.32 Å². The van der Waals surface area contributed by atoms with Gasteiger partial charge in [-0.2, -0.15) is 5.10 Å². The highest BCUT2D eigenvalue weighted by Gasteiger charge is 2.22. The smallest absolute Gasteiger partial charge is 0.228 e. The molecule has 0 radical (unpaired) electrons. The molecule has 6 aromatic heterocycles. The van der Waals surface area contributed by atoms with E-state index in [1.54, 1.807) is 24.8 Å². The number of aromatic amines is 2. The van der Waals surface area contributed by atoms with Crippen molar-refractivity contribution >= 4 is 33.7 Å². The van der Waals surface area contributed by atoms with Crippen LogP contribution in [0.2, 0.25) is 0 Å². The van der Waals surface area contributed by atoms with Crippen LogP contribution in [0.25, 0.3) is 56.0 Å². The first-order chi connectivity index (χ1) is 19.6. The first-order valence-corrected chi connectivity index (χ1v) is 12.3. The van der Waals surface area contributed by atoms with Gasteiger partial charge in [0, 0.05) is 29.1 Å². The van der Waals surface area contributed by atoms with Crippen molar-refractivity contribution in [3.05, 3.63) is 97.2 Å². The standard InChI is InChI=1S/C29H19FN8O2/c30-24-23-21(37-38-27(23)29-35-26-20(17-7-9-40-15-17)6-8-32-28(26)36-29)14-33-25(24)18-11-19(13-31-12-18)34-22(39)10-16-4-2-1-3-5-16/h1-9,11-15H,10H2,(H,34,39)(H,37,38)(H,32,35,36). The molecule has 0 bridgehead atoms. The number of pyridine rings is 3. The van der Waals surface area contributed by atoms with Crippen LogP contribution in [0.15, 0.2) is 90.3 Å². The van der Waals surface area contributed by atoms with Gasteiger partial charge in [-0.25, -0.2) is 14.4 Å². The topological polar surface area (TPSA) is 138 Å². The monoisotopic (exact) mass is 530 g/mol. The summed E-state index contributed by atoms with van der Waals surface area (Å²) in [6.45, 7) is 0. The van der Waals surface area contributed by atoms with Crippen LogP contribution in [0.3, 0.4) is 0 Å². The molecule has 0 aliphatic rings. The number of rotatable bonds is 6. The molecule has 7 aromatic rings. The molecule has 0 atom stereocenters. The summed E-state index contributed by atoms with van der Waals surface area (Å²) in [5.41, 5.74) is 5.27. The maximum atomic E-state index is 16.1. The van der Waals surface area contributed by atoms with Gasteiger partial charge in [-0.15, -0.1) is 0 Å². The van der Waals surface area contributed by atoms with Crippen LogP contribution in [-0.2, 0) is 11.2 Å². The Labute approximate surface area is 225 Å². The number of H-pyrrole nitrogens is 2. The molecule has 0 saturated heterocycles. The summed E-state index contributed by atoms with van der Waals surface area (Å²) in [4.78, 5) is 33.3. The van der Waals surface area contributed by atoms with Crippen molar-refractivity contribution in [3.63, 3.8) is 0 Å². The Morgan fingerprint density at radius 1 is 1.00 bits per heavy atom. The van der Waals surface area contributed by atoms with Gasteiger partial charge in [0.15, 0.2) is 17.3 Å². The quantitative estimate of drug-likeness (QED) is 0.257. The third-order valence-corrected chi connectivity index (χ3v) is 6.49. The lowest BCUT2D eigenvalue weighted by molar-refractivity contribution is -0.115. The number of hydrogen-bond donors (Lipinski definition) is 3. The highest BCUT2D eigenvalue weighted by atomic mass is 19.1. The number of halogens is 1. The van der Waals surface area contributed by atoms with Crippen LogP contribution in [-0.4, -0.2) is 41.0 Å². The molecule has 7 rings (SSSR count). The van der Waals surface area contributed by atoms with Gasteiger partial charge in [0.25, 0.3) is 0 Å². The zero-order chi connectivity index (χ0) is 27.1. The molecular formula is C29H19FN8O2. The normalized spacial score (nSPS) is 11.3. The van der Waals surface area contributed by atoms with Gasteiger partial charge in [0.05, 0.1) is 47.9 Å². The van der Waals surface area contributed by atoms with Gasteiger partial charge < -0.3 is 14.7 Å². The SMILES string of the molecule is O=C(Cc1ccccc1)Nc1cncc(-c2ncc3[nH]nc(-c4nc5c(-c6ccoc6)ccnc5[nH]4)c3c2F)c1. The average molecular weight is 531 g/mol. The molecule has 0 unspecified atom stereocenters. The number of carbonyl (C=O) groups excluding carboxylic acids is 1. The summed E-state index contributed by atoms with van der Waals surface area (Å²) in [6.07, 6.45) is 9.57. The van der Waals surface area contributed by atoms with Crippen molar-refractivity contribution in [3.8, 4) is 33.9 Å². The van der Waals surface area contributed by atoms with E-state index in [1.165, 1.54) is 18.6 Å². The second kappa shape index (κ2) is 9.55. The second-order valence-electron chi connectivity index (χ2n) is 9.11. The van der Waals surface area contributed by atoms with Crippen molar-refractivity contribution < 1.29 is 13.6 Å². The van der Waals surface area contributed by atoms with Gasteiger partial charge in [-0.05, 0) is 23.8 Å². The fraction of sp³-hybridized carbons (Fsp3) is 0.0345. The Hall–Kier alpha value is -5.71. The Kier molecular flexibility index (Phi) is 5.59. The van der Waals surface area contributed by atoms with Gasteiger partial charge >= 0.3 is 0 Å². The van der Waals surface area contributed by atoms with Crippen LogP contribution in [0, 0.1) is 5.82 Å². The third-order valence-electron chi connectivity index (χ3n) is 6.49. The van der Waals surface area contributed by atoms with E-state index in [4.69, 9.17) is 9.40 Å². The molecule has 0 saturated carbocycles. The molecule has 1 aromatic carbocycles. The minimum absolute atomic E-state index is 0.0649. The summed E-state index contributed by atoms with van der Waals surface area (Å²) in [7, 11) is 0. The van der Waals surface area contributed by atoms with Gasteiger partial charge in [-0.3, -0.25) is 19.9 Å². The Morgan fingerprint density at radius 2 is 1.90 bits per heavy atom. The molecular weight excluding hydrogens is 511 g/mol. The highest BCUT2D eigenvalue weighted by Crippen LogP contribution is 2.34. The van der Waals surface area contributed by atoms with E-state index in [0.717, 1.165) is 16.7 Å². The summed E-state index contributed by atoms with van der Waals surface area (Å²) in [5, 5.41) is 10.2. The van der Waals surface area contributed by atoms with Gasteiger partial charge in [0.2, 0.25) is 5.91 Å². The van der Waals surface area contributed by atoms with E-state index < -0.39 is 5.82 Å². The molecule has 3 N–H and O–H groups in total. The molecule has 0 aliphatic heterocycles. The molecule has 0 aliphatic carbocycles. The van der Waals surface area contributed by atoms with Crippen molar-refractivity contribution in [1.82, 2.24) is 35.1 Å². The first-order valence-electron chi connectivity index (χ1n) is 12.3. The van der Waals surface area contributed by atoms with Crippen molar-refractivity contribution in [2.45, 2.75) is 6.42 Å². The van der Waals surface area contributed by atoms with Crippen LogP contribution in [0.5, 0.6) is 0 Å². The van der Waals surface area contributed by atoms with Crippen LogP contribution in [0.1, 0.15) is 5.56 Å². The molecule has 0 spiro atoms. The molecule has 40 heavy (non-hydrogen) atoms. The first kappa shape index (κ1) is 23.4. The van der Waals surface area contributed by atoms with E-state index in [9.17, 15) is 4.79 Å². The number of fused-ring (bicyclic) bond motifs is 2. The largest absolute Gasteiger partial charge is 0.472 e. The summed E-state index contributed by atoms with van der Waals surface area (Å²) >= 11 is 0. The fourth-order valence-corrected chi connectivity index (χ4v) is 4.65. The molecule has 1 amide bonds. The number of furan rings is 1. The van der Waals surface area contributed by atoms with Gasteiger partial charge in [0.1, 0.15) is 16.9 Å². The Balaban J connectivity index is 1.24. The minimum atomic E-state index is -0.598. The number of carbonyl (C=O) groups is 1. The maximum Gasteiger partial charge on any atom is 0.228 e. The number of imidazole rings is 1. The lowest BCUT2D eigenvalue weighted by atomic mass is 10.1. The van der Waals surface area contributed by atoms with Crippen LogP contribution >= 0.6 is 0 Å². The molecule has 194 valence electrons. The summed E-state index contributed by atoms with van der Waals surface area (Å²) < 4.78 is 21.3. The summed E-state index contributed by atoms with van der Waals surface area (Å²) in [6, 6.07) is 14.7. The number of benzene rings is 1. The van der Waals surface area contributed by atoms with Crippen LogP contribution in [0.4, 0.5) is 10.1 Å². The second-order valence-corrected chi connectivity index (χ2v) is 9.11. The minimum Gasteiger partial charge on any atom is -0.472 e. The molecule has 6 heterocycles. The van der Waals surface area contributed by atoms with Crippen molar-refractivity contribution in [2.24, 2.45) is 0 Å². The zero-order valence-corrected chi connectivity index (χ0v) is 20.7. The lowest BCUT2D eigenvalue weighted by Crippen LogP contribution is -2.14. The maximum absolute atomic E-state index is 16.1. The average Bonchev–Trinajstić information content (AvgIpc) is 3.73. The fourth-order valence-electron chi connectivity index (χ4n) is 4.65.